The third kappa shape index (κ3) is 5.73. The molecule has 0 aliphatic carbocycles. The zero-order valence-electron chi connectivity index (χ0n) is 18.7. The van der Waals surface area contributed by atoms with E-state index in [0.717, 1.165) is 44.5 Å². The average molecular weight is 482 g/mol. The Balaban J connectivity index is 1.78. The first kappa shape index (κ1) is 24.8. The van der Waals surface area contributed by atoms with Crippen LogP contribution in [0.1, 0.15) is 61.7 Å². The Labute approximate surface area is 195 Å². The number of hydrogen-bond acceptors (Lipinski definition) is 5. The molecule has 1 aromatic heterocycles. The average Bonchev–Trinajstić information content (AvgIpc) is 3.17. The van der Waals surface area contributed by atoms with Gasteiger partial charge in [0.15, 0.2) is 0 Å². The molecule has 3 rings (SSSR count). The van der Waals surface area contributed by atoms with E-state index in [1.165, 1.54) is 16.4 Å². The van der Waals surface area contributed by atoms with Crippen LogP contribution in [0.25, 0.3) is 0 Å². The lowest BCUT2D eigenvalue weighted by molar-refractivity contribution is 0.0929. The zero-order chi connectivity index (χ0) is 23.1. The predicted octanol–water partition coefficient (Wildman–Crippen LogP) is 4.31. The molecule has 0 radical (unpaired) electrons. The Kier molecular flexibility index (Phi) is 8.76. The Morgan fingerprint density at radius 2 is 1.84 bits per heavy atom. The summed E-state index contributed by atoms with van der Waals surface area (Å²) in [5.41, 5.74) is 0.264. The van der Waals surface area contributed by atoms with Crippen LogP contribution in [0.15, 0.2) is 45.9 Å². The highest BCUT2D eigenvalue weighted by molar-refractivity contribution is 7.89. The van der Waals surface area contributed by atoms with Gasteiger partial charge >= 0.3 is 0 Å². The smallest absolute Gasteiger partial charge is 0.251 e. The van der Waals surface area contributed by atoms with E-state index >= 15 is 0 Å². The molecule has 1 unspecified atom stereocenters. The van der Waals surface area contributed by atoms with Gasteiger partial charge < -0.3 is 9.73 Å². The van der Waals surface area contributed by atoms with Crippen LogP contribution < -0.4 is 5.32 Å². The second-order valence-electron chi connectivity index (χ2n) is 7.93. The number of nitrogens with zero attached hydrogens (tertiary/aromatic N) is 2. The van der Waals surface area contributed by atoms with Crippen molar-refractivity contribution in [2.24, 2.45) is 0 Å². The first-order valence-corrected chi connectivity index (χ1v) is 13.1. The third-order valence-corrected chi connectivity index (χ3v) is 8.34. The van der Waals surface area contributed by atoms with Gasteiger partial charge in [0.1, 0.15) is 10.7 Å². The second kappa shape index (κ2) is 11.3. The molecule has 2 aromatic rings. The summed E-state index contributed by atoms with van der Waals surface area (Å²) in [5, 5.41) is 3.06. The van der Waals surface area contributed by atoms with Gasteiger partial charge in [-0.05, 0) is 56.3 Å². The van der Waals surface area contributed by atoms with Crippen LogP contribution in [0.4, 0.5) is 0 Å². The van der Waals surface area contributed by atoms with E-state index in [4.69, 9.17) is 16.0 Å². The minimum absolute atomic E-state index is 0.0138. The normalized spacial score (nSPS) is 16.6. The van der Waals surface area contributed by atoms with Crippen molar-refractivity contribution in [3.05, 3.63) is 52.9 Å². The molecule has 0 spiro atoms. The molecular formula is C23H32ClN3O4S. The van der Waals surface area contributed by atoms with Gasteiger partial charge in [-0.1, -0.05) is 38.3 Å². The van der Waals surface area contributed by atoms with Crippen LogP contribution in [-0.2, 0) is 10.0 Å². The van der Waals surface area contributed by atoms with Crippen molar-refractivity contribution in [1.82, 2.24) is 14.5 Å². The van der Waals surface area contributed by atoms with Gasteiger partial charge in [-0.25, -0.2) is 8.42 Å². The molecule has 32 heavy (non-hydrogen) atoms. The Morgan fingerprint density at radius 3 is 2.44 bits per heavy atom. The second-order valence-corrected chi connectivity index (χ2v) is 10.2. The molecule has 7 nitrogen and oxygen atoms in total. The molecule has 1 aliphatic rings. The minimum Gasteiger partial charge on any atom is -0.468 e. The molecule has 2 heterocycles. The SMILES string of the molecule is CCN(CC)C(CNC(=O)c1ccc(Cl)c(S(=O)(=O)N2CCCCCC2)c1)c1ccco1. The zero-order valence-corrected chi connectivity index (χ0v) is 20.3. The van der Waals surface area contributed by atoms with Crippen molar-refractivity contribution in [3.63, 3.8) is 0 Å². The summed E-state index contributed by atoms with van der Waals surface area (Å²) >= 11 is 6.26. The van der Waals surface area contributed by atoms with Crippen LogP contribution in [0, 0.1) is 0 Å². The topological polar surface area (TPSA) is 82.9 Å². The summed E-state index contributed by atoms with van der Waals surface area (Å²) in [6, 6.07) is 8.03. The van der Waals surface area contributed by atoms with Crippen LogP contribution in [0.3, 0.4) is 0 Å². The molecule has 0 saturated carbocycles. The van der Waals surface area contributed by atoms with Gasteiger partial charge in [0.25, 0.3) is 5.91 Å². The fourth-order valence-corrected chi connectivity index (χ4v) is 6.13. The van der Waals surface area contributed by atoms with Crippen LogP contribution in [0.2, 0.25) is 5.02 Å². The molecular weight excluding hydrogens is 450 g/mol. The maximum absolute atomic E-state index is 13.2. The summed E-state index contributed by atoms with van der Waals surface area (Å²) in [5.74, 6) is 0.423. The van der Waals surface area contributed by atoms with Crippen LogP contribution >= 0.6 is 11.6 Å². The van der Waals surface area contributed by atoms with Crippen molar-refractivity contribution in [3.8, 4) is 0 Å². The number of rotatable bonds is 9. The summed E-state index contributed by atoms with van der Waals surface area (Å²) in [7, 11) is -3.76. The fourth-order valence-electron chi connectivity index (χ4n) is 4.11. The minimum atomic E-state index is -3.76. The molecule has 176 valence electrons. The number of nitrogens with one attached hydrogen (secondary N) is 1. The fraction of sp³-hybridized carbons (Fsp3) is 0.522. The summed E-state index contributed by atoms with van der Waals surface area (Å²) < 4.78 is 33.5. The van der Waals surface area contributed by atoms with E-state index < -0.39 is 10.0 Å². The highest BCUT2D eigenvalue weighted by Gasteiger charge is 2.28. The van der Waals surface area contributed by atoms with E-state index in [1.807, 2.05) is 12.1 Å². The maximum Gasteiger partial charge on any atom is 0.251 e. The number of sulfonamides is 1. The first-order valence-electron chi connectivity index (χ1n) is 11.2. The highest BCUT2D eigenvalue weighted by atomic mass is 35.5. The summed E-state index contributed by atoms with van der Waals surface area (Å²) in [6.45, 7) is 7.01. The van der Waals surface area contributed by atoms with E-state index in [9.17, 15) is 13.2 Å². The van der Waals surface area contributed by atoms with Gasteiger partial charge in [-0.3, -0.25) is 9.69 Å². The quantitative estimate of drug-likeness (QED) is 0.577. The predicted molar refractivity (Wildman–Crippen MR) is 125 cm³/mol. The number of likely N-dealkylation sites (N-methyl/N-ethyl adjacent to an activating group) is 1. The molecule has 1 aliphatic heterocycles. The van der Waals surface area contributed by atoms with Crippen LogP contribution in [-0.4, -0.2) is 56.3 Å². The molecule has 1 fully saturated rings. The summed E-state index contributed by atoms with van der Waals surface area (Å²) in [6.07, 6.45) is 5.32. The number of benzene rings is 1. The van der Waals surface area contributed by atoms with Crippen molar-refractivity contribution in [2.45, 2.75) is 50.5 Å². The van der Waals surface area contributed by atoms with Crippen molar-refractivity contribution < 1.29 is 17.6 Å². The summed E-state index contributed by atoms with van der Waals surface area (Å²) in [4.78, 5) is 15.1. The molecule has 1 amide bonds. The van der Waals surface area contributed by atoms with E-state index in [-0.39, 0.29) is 27.4 Å². The Bertz CT molecular complexity index is 983. The van der Waals surface area contributed by atoms with Crippen LogP contribution in [0.5, 0.6) is 0 Å². The lowest BCUT2D eigenvalue weighted by Crippen LogP contribution is -2.38. The van der Waals surface area contributed by atoms with Gasteiger partial charge in [0.2, 0.25) is 10.0 Å². The molecule has 0 bridgehead atoms. The van der Waals surface area contributed by atoms with E-state index in [1.54, 1.807) is 12.3 Å². The van der Waals surface area contributed by atoms with Gasteiger partial charge in [0.05, 0.1) is 17.3 Å². The highest BCUT2D eigenvalue weighted by Crippen LogP contribution is 2.28. The van der Waals surface area contributed by atoms with Gasteiger partial charge in [0, 0.05) is 25.2 Å². The molecule has 1 aromatic carbocycles. The van der Waals surface area contributed by atoms with Gasteiger partial charge in [-0.2, -0.15) is 4.31 Å². The van der Waals surface area contributed by atoms with Gasteiger partial charge in [-0.15, -0.1) is 0 Å². The van der Waals surface area contributed by atoms with Crippen molar-refractivity contribution in [1.29, 1.82) is 0 Å². The number of halogens is 1. The number of carbonyl (C=O) groups excluding carboxylic acids is 1. The number of carbonyl (C=O) groups is 1. The Morgan fingerprint density at radius 1 is 1.16 bits per heavy atom. The molecule has 1 N–H and O–H groups in total. The lowest BCUT2D eigenvalue weighted by atomic mass is 10.1. The number of amides is 1. The largest absolute Gasteiger partial charge is 0.468 e. The molecule has 1 atom stereocenters. The van der Waals surface area contributed by atoms with E-state index in [2.05, 4.69) is 24.1 Å². The first-order chi connectivity index (χ1) is 15.4. The van der Waals surface area contributed by atoms with Crippen molar-refractivity contribution in [2.75, 3.05) is 32.7 Å². The lowest BCUT2D eigenvalue weighted by Gasteiger charge is -2.28. The Hall–Kier alpha value is -1.87. The third-order valence-electron chi connectivity index (χ3n) is 5.96. The van der Waals surface area contributed by atoms with E-state index in [0.29, 0.717) is 19.6 Å². The van der Waals surface area contributed by atoms with Crippen molar-refractivity contribution >= 4 is 27.5 Å². The molecule has 9 heteroatoms. The molecule has 1 saturated heterocycles. The maximum atomic E-state index is 13.2. The number of furan rings is 1. The number of hydrogen-bond donors (Lipinski definition) is 1. The monoisotopic (exact) mass is 481 g/mol. The standard InChI is InChI=1S/C23H32ClN3O4S/c1-3-26(4-2)20(21-10-9-15-31-21)17-25-23(28)18-11-12-19(24)22(16-18)32(29,30)27-13-7-5-6-8-14-27/h9-12,15-16,20H,3-8,13-14,17H2,1-2H3,(H,25,28).